The Morgan fingerprint density at radius 3 is 2.81 bits per heavy atom. The van der Waals surface area contributed by atoms with Crippen molar-refractivity contribution in [3.05, 3.63) is 57.5 Å². The summed E-state index contributed by atoms with van der Waals surface area (Å²) in [5, 5.41) is 3.36. The standard InChI is InChI=1S/C19H18FN5OS/c1-11-8-24-9-13(6-14(20)18(24)22-11)15-7-17(26)25-10-16(27-19(25)23-15)12-2-4-21-5-3-12/h6-10,12,21H,2-5H2,1H3. The maximum Gasteiger partial charge on any atom is 0.259 e. The molecule has 0 atom stereocenters. The number of pyridine rings is 1. The van der Waals surface area contributed by atoms with E-state index in [0.717, 1.165) is 31.6 Å². The fourth-order valence-corrected chi connectivity index (χ4v) is 4.84. The third kappa shape index (κ3) is 2.85. The largest absolute Gasteiger partial charge is 0.317 e. The molecule has 0 spiro atoms. The van der Waals surface area contributed by atoms with Crippen molar-refractivity contribution in [3.8, 4) is 11.3 Å². The number of nitrogens with one attached hydrogen (secondary N) is 1. The molecule has 6 nitrogen and oxygen atoms in total. The van der Waals surface area contributed by atoms with Gasteiger partial charge in [0.1, 0.15) is 0 Å². The van der Waals surface area contributed by atoms with Crippen LogP contribution in [0.1, 0.15) is 29.3 Å². The van der Waals surface area contributed by atoms with E-state index in [4.69, 9.17) is 0 Å². The Labute approximate surface area is 158 Å². The molecule has 4 aromatic heterocycles. The molecule has 5 heterocycles. The lowest BCUT2D eigenvalue weighted by molar-refractivity contribution is 0.464. The molecule has 5 rings (SSSR count). The average molecular weight is 383 g/mol. The number of piperidine rings is 1. The maximum absolute atomic E-state index is 14.4. The van der Waals surface area contributed by atoms with Gasteiger partial charge >= 0.3 is 0 Å². The van der Waals surface area contributed by atoms with E-state index in [1.807, 2.05) is 13.1 Å². The second-order valence-corrected chi connectivity index (χ2v) is 8.02. The fraction of sp³-hybridized carbons (Fsp3) is 0.316. The van der Waals surface area contributed by atoms with Crippen LogP contribution in [-0.2, 0) is 0 Å². The molecular formula is C19H18FN5OS. The van der Waals surface area contributed by atoms with Crippen LogP contribution in [0.3, 0.4) is 0 Å². The van der Waals surface area contributed by atoms with Crippen LogP contribution in [0.2, 0.25) is 0 Å². The average Bonchev–Trinajstić information content (AvgIpc) is 3.26. The van der Waals surface area contributed by atoms with Crippen LogP contribution in [0.25, 0.3) is 21.9 Å². The van der Waals surface area contributed by atoms with Gasteiger partial charge in [0, 0.05) is 35.1 Å². The maximum atomic E-state index is 14.4. The normalized spacial score (nSPS) is 15.8. The van der Waals surface area contributed by atoms with Gasteiger partial charge in [0.05, 0.1) is 11.4 Å². The zero-order chi connectivity index (χ0) is 18.5. The van der Waals surface area contributed by atoms with Gasteiger partial charge in [-0.15, -0.1) is 11.3 Å². The molecule has 138 valence electrons. The van der Waals surface area contributed by atoms with Gasteiger partial charge in [-0.3, -0.25) is 9.20 Å². The molecular weight excluding hydrogens is 365 g/mol. The van der Waals surface area contributed by atoms with E-state index in [1.165, 1.54) is 17.0 Å². The minimum Gasteiger partial charge on any atom is -0.317 e. The molecule has 1 aliphatic heterocycles. The molecule has 0 saturated carbocycles. The number of aromatic nitrogens is 4. The highest BCUT2D eigenvalue weighted by Crippen LogP contribution is 2.31. The summed E-state index contributed by atoms with van der Waals surface area (Å²) in [7, 11) is 0. The molecule has 4 aromatic rings. The lowest BCUT2D eigenvalue weighted by Gasteiger charge is -2.20. The summed E-state index contributed by atoms with van der Waals surface area (Å²) in [5.74, 6) is 0.0349. The van der Waals surface area contributed by atoms with Crippen molar-refractivity contribution in [3.63, 3.8) is 0 Å². The number of nitrogens with zero attached hydrogens (tertiary/aromatic N) is 4. The van der Waals surface area contributed by atoms with E-state index in [-0.39, 0.29) is 11.2 Å². The third-order valence-corrected chi connectivity index (χ3v) is 6.19. The Kier molecular flexibility index (Phi) is 3.84. The number of hydrogen-bond acceptors (Lipinski definition) is 5. The van der Waals surface area contributed by atoms with E-state index in [0.29, 0.717) is 22.1 Å². The molecule has 0 amide bonds. The van der Waals surface area contributed by atoms with Gasteiger partial charge < -0.3 is 9.72 Å². The highest BCUT2D eigenvalue weighted by atomic mass is 32.1. The lowest BCUT2D eigenvalue weighted by atomic mass is 9.97. The van der Waals surface area contributed by atoms with E-state index in [1.54, 1.807) is 32.5 Å². The van der Waals surface area contributed by atoms with Crippen LogP contribution in [0, 0.1) is 12.7 Å². The monoisotopic (exact) mass is 383 g/mol. The van der Waals surface area contributed by atoms with Crippen molar-refractivity contribution < 1.29 is 4.39 Å². The summed E-state index contributed by atoms with van der Waals surface area (Å²) < 4.78 is 17.6. The first-order chi connectivity index (χ1) is 13.1. The highest BCUT2D eigenvalue weighted by molar-refractivity contribution is 7.17. The molecule has 1 N–H and O–H groups in total. The molecule has 0 bridgehead atoms. The summed E-state index contributed by atoms with van der Waals surface area (Å²) in [4.78, 5) is 23.3. The second-order valence-electron chi connectivity index (χ2n) is 6.98. The second kappa shape index (κ2) is 6.24. The van der Waals surface area contributed by atoms with Gasteiger partial charge in [0.2, 0.25) is 0 Å². The molecule has 27 heavy (non-hydrogen) atoms. The summed E-state index contributed by atoms with van der Waals surface area (Å²) in [6.07, 6.45) is 7.57. The van der Waals surface area contributed by atoms with Crippen molar-refractivity contribution in [1.29, 1.82) is 0 Å². The van der Waals surface area contributed by atoms with E-state index >= 15 is 0 Å². The summed E-state index contributed by atoms with van der Waals surface area (Å²) in [6, 6.07) is 2.86. The minimum atomic E-state index is -0.427. The lowest BCUT2D eigenvalue weighted by Crippen LogP contribution is -2.26. The number of rotatable bonds is 2. The van der Waals surface area contributed by atoms with Crippen LogP contribution < -0.4 is 10.9 Å². The third-order valence-electron chi connectivity index (χ3n) is 5.05. The molecule has 1 aliphatic rings. The van der Waals surface area contributed by atoms with Crippen LogP contribution in [0.4, 0.5) is 4.39 Å². The van der Waals surface area contributed by atoms with Crippen molar-refractivity contribution >= 4 is 21.9 Å². The van der Waals surface area contributed by atoms with Crippen LogP contribution >= 0.6 is 11.3 Å². The summed E-state index contributed by atoms with van der Waals surface area (Å²) in [5.41, 5.74) is 1.91. The van der Waals surface area contributed by atoms with Gasteiger partial charge in [-0.1, -0.05) is 0 Å². The first-order valence-corrected chi connectivity index (χ1v) is 9.79. The predicted octanol–water partition coefficient (Wildman–Crippen LogP) is 2.99. The molecule has 0 unspecified atom stereocenters. The quantitative estimate of drug-likeness (QED) is 0.578. The molecule has 0 aliphatic carbocycles. The van der Waals surface area contributed by atoms with Crippen molar-refractivity contribution in [2.45, 2.75) is 25.7 Å². The Morgan fingerprint density at radius 1 is 1.19 bits per heavy atom. The van der Waals surface area contributed by atoms with Gasteiger partial charge in [0.15, 0.2) is 16.4 Å². The van der Waals surface area contributed by atoms with Crippen LogP contribution in [0.5, 0.6) is 0 Å². The summed E-state index contributed by atoms with van der Waals surface area (Å²) in [6.45, 7) is 3.81. The van der Waals surface area contributed by atoms with Gasteiger partial charge in [-0.25, -0.2) is 14.4 Å². The van der Waals surface area contributed by atoms with Gasteiger partial charge in [-0.05, 0) is 44.8 Å². The molecule has 1 saturated heterocycles. The fourth-order valence-electron chi connectivity index (χ4n) is 3.68. The van der Waals surface area contributed by atoms with E-state index in [9.17, 15) is 9.18 Å². The van der Waals surface area contributed by atoms with E-state index in [2.05, 4.69) is 15.3 Å². The number of hydrogen-bond donors (Lipinski definition) is 1. The molecule has 0 radical (unpaired) electrons. The smallest absolute Gasteiger partial charge is 0.259 e. The van der Waals surface area contributed by atoms with E-state index < -0.39 is 5.82 Å². The first kappa shape index (κ1) is 16.6. The Bertz CT molecular complexity index is 1220. The van der Waals surface area contributed by atoms with Crippen LogP contribution in [0.15, 0.2) is 35.5 Å². The Morgan fingerprint density at radius 2 is 2.00 bits per heavy atom. The number of imidazole rings is 1. The van der Waals surface area contributed by atoms with Crippen molar-refractivity contribution in [1.82, 2.24) is 24.1 Å². The van der Waals surface area contributed by atoms with Crippen molar-refractivity contribution in [2.24, 2.45) is 0 Å². The Balaban J connectivity index is 1.62. The zero-order valence-corrected chi connectivity index (χ0v) is 15.6. The number of fused-ring (bicyclic) bond motifs is 2. The van der Waals surface area contributed by atoms with Crippen molar-refractivity contribution in [2.75, 3.05) is 13.1 Å². The topological polar surface area (TPSA) is 63.7 Å². The number of halogens is 1. The van der Waals surface area contributed by atoms with Gasteiger partial charge in [-0.2, -0.15) is 0 Å². The van der Waals surface area contributed by atoms with Gasteiger partial charge in [0.25, 0.3) is 5.56 Å². The first-order valence-electron chi connectivity index (χ1n) is 8.97. The number of aryl methyl sites for hydroxylation is 1. The molecule has 0 aromatic carbocycles. The zero-order valence-electron chi connectivity index (χ0n) is 14.8. The predicted molar refractivity (Wildman–Crippen MR) is 103 cm³/mol. The highest BCUT2D eigenvalue weighted by Gasteiger charge is 2.19. The summed E-state index contributed by atoms with van der Waals surface area (Å²) >= 11 is 1.55. The molecule has 8 heteroatoms. The van der Waals surface area contributed by atoms with Crippen LogP contribution in [-0.4, -0.2) is 31.9 Å². The molecule has 1 fully saturated rings. The SMILES string of the molecule is Cc1cn2cc(-c3cc(=O)n4cc(C5CCNCC5)sc4n3)cc(F)c2n1. The minimum absolute atomic E-state index is 0.145. The number of thiazole rings is 1. The Hall–Kier alpha value is -2.58.